The molecule has 0 aromatic heterocycles. The third-order valence-electron chi connectivity index (χ3n) is 3.25. The van der Waals surface area contributed by atoms with Crippen LogP contribution in [0.15, 0.2) is 36.4 Å². The molecule has 1 amide bonds. The van der Waals surface area contributed by atoms with Gasteiger partial charge in [0.2, 0.25) is 0 Å². The van der Waals surface area contributed by atoms with Crippen molar-refractivity contribution in [2.24, 2.45) is 0 Å². The number of nitrogens with one attached hydrogen (secondary N) is 2. The Balaban J connectivity index is 1.80. The summed E-state index contributed by atoms with van der Waals surface area (Å²) in [6.45, 7) is 0.865. The second-order valence-electron chi connectivity index (χ2n) is 4.63. The molecule has 102 valence electrons. The number of benzene rings is 2. The first-order valence-corrected chi connectivity index (χ1v) is 6.27. The highest BCUT2D eigenvalue weighted by molar-refractivity contribution is 6.04. The Hall–Kier alpha value is -2.43. The molecule has 1 aliphatic rings. The second kappa shape index (κ2) is 4.92. The molecule has 0 spiro atoms. The fourth-order valence-electron chi connectivity index (χ4n) is 2.22. The van der Waals surface area contributed by atoms with E-state index in [1.54, 1.807) is 6.07 Å². The smallest absolute Gasteiger partial charge is 0.255 e. The van der Waals surface area contributed by atoms with Crippen molar-refractivity contribution in [3.8, 4) is 0 Å². The first kappa shape index (κ1) is 12.6. The van der Waals surface area contributed by atoms with Crippen molar-refractivity contribution in [1.29, 1.82) is 0 Å². The molecule has 3 nitrogen and oxygen atoms in total. The zero-order valence-electron chi connectivity index (χ0n) is 10.5. The van der Waals surface area contributed by atoms with Crippen molar-refractivity contribution in [3.63, 3.8) is 0 Å². The number of halogens is 2. The first-order valence-electron chi connectivity index (χ1n) is 6.27. The molecule has 0 aliphatic carbocycles. The summed E-state index contributed by atoms with van der Waals surface area (Å²) in [5, 5.41) is 5.76. The minimum absolute atomic E-state index is 0.229. The van der Waals surface area contributed by atoms with Crippen molar-refractivity contribution in [2.45, 2.75) is 6.42 Å². The fourth-order valence-corrected chi connectivity index (χ4v) is 2.22. The van der Waals surface area contributed by atoms with Crippen LogP contribution in [-0.2, 0) is 6.42 Å². The maximum absolute atomic E-state index is 13.1. The summed E-state index contributed by atoms with van der Waals surface area (Å²) in [6.07, 6.45) is 0.877. The van der Waals surface area contributed by atoms with E-state index in [1.807, 2.05) is 12.1 Å². The van der Waals surface area contributed by atoms with E-state index < -0.39 is 11.6 Å². The molecule has 2 N–H and O–H groups in total. The van der Waals surface area contributed by atoms with E-state index in [9.17, 15) is 13.6 Å². The van der Waals surface area contributed by atoms with Crippen molar-refractivity contribution in [2.75, 3.05) is 17.2 Å². The molecule has 0 saturated heterocycles. The Morgan fingerprint density at radius 1 is 1.10 bits per heavy atom. The molecule has 0 fully saturated rings. The van der Waals surface area contributed by atoms with E-state index >= 15 is 0 Å². The van der Waals surface area contributed by atoms with Gasteiger partial charge in [0.15, 0.2) is 11.6 Å². The van der Waals surface area contributed by atoms with Crippen molar-refractivity contribution in [1.82, 2.24) is 0 Å². The van der Waals surface area contributed by atoms with E-state index in [0.29, 0.717) is 5.56 Å². The molecular weight excluding hydrogens is 262 g/mol. The van der Waals surface area contributed by atoms with Crippen LogP contribution in [0, 0.1) is 11.6 Å². The quantitative estimate of drug-likeness (QED) is 0.883. The van der Waals surface area contributed by atoms with Gasteiger partial charge in [0.25, 0.3) is 5.91 Å². The van der Waals surface area contributed by atoms with Crippen molar-refractivity contribution < 1.29 is 13.6 Å². The maximum Gasteiger partial charge on any atom is 0.255 e. The van der Waals surface area contributed by atoms with Gasteiger partial charge < -0.3 is 10.6 Å². The lowest BCUT2D eigenvalue weighted by Gasteiger charge is -2.07. The van der Waals surface area contributed by atoms with E-state index in [0.717, 1.165) is 36.3 Å². The zero-order chi connectivity index (χ0) is 14.1. The zero-order valence-corrected chi connectivity index (χ0v) is 10.5. The molecule has 2 aromatic carbocycles. The molecule has 1 aliphatic heterocycles. The Morgan fingerprint density at radius 2 is 1.95 bits per heavy atom. The molecule has 0 atom stereocenters. The van der Waals surface area contributed by atoms with Gasteiger partial charge in [-0.25, -0.2) is 8.78 Å². The number of amides is 1. The van der Waals surface area contributed by atoms with E-state index in [-0.39, 0.29) is 11.6 Å². The van der Waals surface area contributed by atoms with Gasteiger partial charge in [0.1, 0.15) is 0 Å². The highest BCUT2D eigenvalue weighted by Gasteiger charge is 2.14. The summed E-state index contributed by atoms with van der Waals surface area (Å²) in [7, 11) is 0. The molecule has 1 heterocycles. The van der Waals surface area contributed by atoms with Crippen LogP contribution in [0.1, 0.15) is 15.9 Å². The summed E-state index contributed by atoms with van der Waals surface area (Å²) in [5.74, 6) is -2.27. The first-order chi connectivity index (χ1) is 9.63. The molecule has 0 saturated carbocycles. The number of anilines is 2. The van der Waals surface area contributed by atoms with Gasteiger partial charge in [-0.2, -0.15) is 0 Å². The molecule has 0 unspecified atom stereocenters. The van der Waals surface area contributed by atoms with Crippen LogP contribution in [0.25, 0.3) is 0 Å². The van der Waals surface area contributed by atoms with Gasteiger partial charge in [-0.3, -0.25) is 4.79 Å². The van der Waals surface area contributed by atoms with Crippen LogP contribution in [0.4, 0.5) is 20.2 Å². The molecular formula is C15H12F2N2O. The van der Waals surface area contributed by atoms with Gasteiger partial charge in [0, 0.05) is 29.5 Å². The Bertz CT molecular complexity index is 686. The standard InChI is InChI=1S/C15H12F2N2O/c16-12-3-2-11(8-13(12)17)19-15(20)10-1-4-14-9(7-10)5-6-18-14/h1-4,7-8,18H,5-6H2,(H,19,20). The number of carbonyl (C=O) groups is 1. The van der Waals surface area contributed by atoms with Crippen LogP contribution < -0.4 is 10.6 Å². The summed E-state index contributed by atoms with van der Waals surface area (Å²) in [6, 6.07) is 8.63. The molecule has 5 heteroatoms. The average molecular weight is 274 g/mol. The molecule has 0 bridgehead atoms. The predicted octanol–water partition coefficient (Wildman–Crippen LogP) is 3.19. The topological polar surface area (TPSA) is 41.1 Å². The van der Waals surface area contributed by atoms with Gasteiger partial charge in [-0.1, -0.05) is 0 Å². The van der Waals surface area contributed by atoms with Gasteiger partial charge in [-0.15, -0.1) is 0 Å². The van der Waals surface area contributed by atoms with Crippen molar-refractivity contribution >= 4 is 17.3 Å². The van der Waals surface area contributed by atoms with Crippen LogP contribution in [0.5, 0.6) is 0 Å². The normalized spacial score (nSPS) is 12.7. The van der Waals surface area contributed by atoms with Gasteiger partial charge in [-0.05, 0) is 42.3 Å². The number of hydrogen-bond acceptors (Lipinski definition) is 2. The molecule has 3 rings (SSSR count). The summed E-state index contributed by atoms with van der Waals surface area (Å²) in [5.41, 5.74) is 2.85. The predicted molar refractivity (Wildman–Crippen MR) is 72.9 cm³/mol. The average Bonchev–Trinajstić information content (AvgIpc) is 2.90. The number of hydrogen-bond donors (Lipinski definition) is 2. The lowest BCUT2D eigenvalue weighted by Crippen LogP contribution is -2.12. The summed E-state index contributed by atoms with van der Waals surface area (Å²) in [4.78, 5) is 12.1. The summed E-state index contributed by atoms with van der Waals surface area (Å²) < 4.78 is 25.9. The Kier molecular flexibility index (Phi) is 3.10. The maximum atomic E-state index is 13.1. The minimum atomic E-state index is -0.985. The monoisotopic (exact) mass is 274 g/mol. The summed E-state index contributed by atoms with van der Waals surface area (Å²) >= 11 is 0. The van der Waals surface area contributed by atoms with Crippen LogP contribution in [-0.4, -0.2) is 12.5 Å². The number of rotatable bonds is 2. The van der Waals surface area contributed by atoms with Crippen LogP contribution in [0.2, 0.25) is 0 Å². The fraction of sp³-hybridized carbons (Fsp3) is 0.133. The van der Waals surface area contributed by atoms with Gasteiger partial charge >= 0.3 is 0 Å². The van der Waals surface area contributed by atoms with E-state index in [4.69, 9.17) is 0 Å². The second-order valence-corrected chi connectivity index (χ2v) is 4.63. The van der Waals surface area contributed by atoms with Crippen LogP contribution in [0.3, 0.4) is 0 Å². The lowest BCUT2D eigenvalue weighted by atomic mass is 10.1. The van der Waals surface area contributed by atoms with E-state index in [1.165, 1.54) is 6.07 Å². The Morgan fingerprint density at radius 3 is 2.75 bits per heavy atom. The largest absolute Gasteiger partial charge is 0.384 e. The number of carbonyl (C=O) groups excluding carboxylic acids is 1. The molecule has 2 aromatic rings. The third-order valence-corrected chi connectivity index (χ3v) is 3.25. The van der Waals surface area contributed by atoms with E-state index in [2.05, 4.69) is 10.6 Å². The Labute approximate surface area is 114 Å². The SMILES string of the molecule is O=C(Nc1ccc(F)c(F)c1)c1ccc2c(c1)CCN2. The highest BCUT2D eigenvalue weighted by atomic mass is 19.2. The van der Waals surface area contributed by atoms with Crippen molar-refractivity contribution in [3.05, 3.63) is 59.2 Å². The molecule has 20 heavy (non-hydrogen) atoms. The third kappa shape index (κ3) is 2.34. The lowest BCUT2D eigenvalue weighted by molar-refractivity contribution is 0.102. The number of fused-ring (bicyclic) bond motifs is 1. The highest BCUT2D eigenvalue weighted by Crippen LogP contribution is 2.23. The van der Waals surface area contributed by atoms with Gasteiger partial charge in [0.05, 0.1) is 0 Å². The molecule has 0 radical (unpaired) electrons. The minimum Gasteiger partial charge on any atom is -0.384 e. The van der Waals surface area contributed by atoms with Crippen LogP contribution >= 0.6 is 0 Å².